The number of rotatable bonds is 3. The molecule has 112 valence electrons. The van der Waals surface area contributed by atoms with Crippen molar-refractivity contribution in [3.05, 3.63) is 46.4 Å². The maximum Gasteiger partial charge on any atom is 0.201 e. The highest BCUT2D eigenvalue weighted by molar-refractivity contribution is 9.10. The van der Waals surface area contributed by atoms with E-state index in [2.05, 4.69) is 15.9 Å². The van der Waals surface area contributed by atoms with Crippen LogP contribution in [0, 0.1) is 11.6 Å². The summed E-state index contributed by atoms with van der Waals surface area (Å²) in [5.74, 6) is -2.77. The number of hydrogen-bond acceptors (Lipinski definition) is 4. The van der Waals surface area contributed by atoms with Crippen LogP contribution in [0.1, 0.15) is 0 Å². The molecule has 2 N–H and O–H groups in total. The third-order valence-electron chi connectivity index (χ3n) is 2.61. The number of nitrogens with two attached hydrogens (primary N) is 1. The van der Waals surface area contributed by atoms with E-state index in [1.807, 2.05) is 0 Å². The Kier molecular flexibility index (Phi) is 4.20. The minimum absolute atomic E-state index is 0.0747. The van der Waals surface area contributed by atoms with E-state index in [-0.39, 0.29) is 20.8 Å². The lowest BCUT2D eigenvalue weighted by molar-refractivity contribution is 0.416. The Hall–Kier alpha value is -1.67. The number of ether oxygens (including phenoxy) is 1. The maximum absolute atomic E-state index is 13.7. The summed E-state index contributed by atoms with van der Waals surface area (Å²) in [4.78, 5) is -0.143. The van der Waals surface area contributed by atoms with Gasteiger partial charge in [-0.05, 0) is 24.3 Å². The van der Waals surface area contributed by atoms with Gasteiger partial charge in [-0.3, -0.25) is 0 Å². The minimum Gasteiger partial charge on any atom is -0.452 e. The largest absolute Gasteiger partial charge is 0.452 e. The Morgan fingerprint density at radius 3 is 2.48 bits per heavy atom. The first-order chi connectivity index (χ1) is 9.70. The molecule has 0 unspecified atom stereocenters. The smallest absolute Gasteiger partial charge is 0.201 e. The van der Waals surface area contributed by atoms with Gasteiger partial charge >= 0.3 is 0 Å². The van der Waals surface area contributed by atoms with Crippen LogP contribution in [-0.2, 0) is 9.84 Å². The van der Waals surface area contributed by atoms with Gasteiger partial charge in [0, 0.05) is 10.7 Å². The summed E-state index contributed by atoms with van der Waals surface area (Å²) in [6.45, 7) is 0. The van der Waals surface area contributed by atoms with E-state index < -0.39 is 27.2 Å². The third kappa shape index (κ3) is 3.33. The summed E-state index contributed by atoms with van der Waals surface area (Å²) in [7, 11) is -3.56. The summed E-state index contributed by atoms with van der Waals surface area (Å²) >= 11 is 3.01. The van der Waals surface area contributed by atoms with Gasteiger partial charge in [-0.2, -0.15) is 4.39 Å². The standard InChI is InChI=1S/C13H10BrF2NO3S/c1-21(18,19)11-4-2-3-9(13(11)17)20-10-6-7(14)5-8(15)12(10)16/h2-6H,17H2,1H3. The number of sulfone groups is 1. The van der Waals surface area contributed by atoms with Gasteiger partial charge in [0.25, 0.3) is 0 Å². The van der Waals surface area contributed by atoms with Gasteiger partial charge in [0.1, 0.15) is 0 Å². The zero-order chi connectivity index (χ0) is 15.8. The lowest BCUT2D eigenvalue weighted by Gasteiger charge is -2.12. The SMILES string of the molecule is CS(=O)(=O)c1cccc(Oc2cc(Br)cc(F)c2F)c1N. The highest BCUT2D eigenvalue weighted by Crippen LogP contribution is 2.35. The van der Waals surface area contributed by atoms with E-state index in [4.69, 9.17) is 10.5 Å². The number of halogens is 3. The Balaban J connectivity index is 2.51. The van der Waals surface area contributed by atoms with E-state index in [1.165, 1.54) is 24.3 Å². The van der Waals surface area contributed by atoms with Crippen molar-refractivity contribution in [3.63, 3.8) is 0 Å². The molecule has 21 heavy (non-hydrogen) atoms. The molecule has 0 saturated carbocycles. The molecule has 2 rings (SSSR count). The van der Waals surface area contributed by atoms with E-state index in [0.29, 0.717) is 0 Å². The van der Waals surface area contributed by atoms with Crippen LogP contribution in [0.5, 0.6) is 11.5 Å². The summed E-state index contributed by atoms with van der Waals surface area (Å²) < 4.78 is 55.5. The zero-order valence-electron chi connectivity index (χ0n) is 10.7. The molecule has 8 heteroatoms. The van der Waals surface area contributed by atoms with Gasteiger partial charge in [-0.1, -0.05) is 22.0 Å². The summed E-state index contributed by atoms with van der Waals surface area (Å²) in [5, 5.41) is 0. The molecular formula is C13H10BrF2NO3S. The second-order valence-electron chi connectivity index (χ2n) is 4.24. The number of benzene rings is 2. The molecule has 2 aromatic rings. The predicted octanol–water partition coefficient (Wildman–Crippen LogP) is 3.51. The molecule has 0 aliphatic heterocycles. The average Bonchev–Trinajstić information content (AvgIpc) is 2.36. The minimum atomic E-state index is -3.56. The number of anilines is 1. The molecule has 0 saturated heterocycles. The number of nitrogen functional groups attached to an aromatic ring is 1. The highest BCUT2D eigenvalue weighted by atomic mass is 79.9. The molecule has 2 aromatic carbocycles. The molecular weight excluding hydrogens is 368 g/mol. The van der Waals surface area contributed by atoms with Crippen molar-refractivity contribution < 1.29 is 21.9 Å². The van der Waals surface area contributed by atoms with Crippen LogP contribution in [0.15, 0.2) is 39.7 Å². The average molecular weight is 378 g/mol. The van der Waals surface area contributed by atoms with Crippen molar-refractivity contribution in [1.29, 1.82) is 0 Å². The first-order valence-electron chi connectivity index (χ1n) is 5.61. The molecule has 4 nitrogen and oxygen atoms in total. The van der Waals surface area contributed by atoms with Crippen LogP contribution in [-0.4, -0.2) is 14.7 Å². The first kappa shape index (κ1) is 15.7. The van der Waals surface area contributed by atoms with Crippen molar-refractivity contribution in [3.8, 4) is 11.5 Å². The maximum atomic E-state index is 13.7. The number of hydrogen-bond donors (Lipinski definition) is 1. The second kappa shape index (κ2) is 5.61. The van der Waals surface area contributed by atoms with E-state index in [9.17, 15) is 17.2 Å². The van der Waals surface area contributed by atoms with Crippen LogP contribution in [0.2, 0.25) is 0 Å². The lowest BCUT2D eigenvalue weighted by atomic mass is 10.3. The van der Waals surface area contributed by atoms with E-state index >= 15 is 0 Å². The van der Waals surface area contributed by atoms with Gasteiger partial charge in [0.2, 0.25) is 5.82 Å². The van der Waals surface area contributed by atoms with E-state index in [1.54, 1.807) is 0 Å². The van der Waals surface area contributed by atoms with Crippen LogP contribution in [0.25, 0.3) is 0 Å². The fourth-order valence-electron chi connectivity index (χ4n) is 1.66. The van der Waals surface area contributed by atoms with Crippen LogP contribution >= 0.6 is 15.9 Å². The molecule has 0 aromatic heterocycles. The molecule has 0 fully saturated rings. The summed E-state index contributed by atoms with van der Waals surface area (Å²) in [6.07, 6.45) is 0.988. The van der Waals surface area contributed by atoms with Crippen molar-refractivity contribution in [1.82, 2.24) is 0 Å². The van der Waals surface area contributed by atoms with Crippen LogP contribution in [0.3, 0.4) is 0 Å². The summed E-state index contributed by atoms with van der Waals surface area (Å²) in [5.41, 5.74) is 5.54. The molecule has 0 aliphatic carbocycles. The summed E-state index contributed by atoms with van der Waals surface area (Å²) in [6, 6.07) is 6.22. The second-order valence-corrected chi connectivity index (χ2v) is 7.14. The Morgan fingerprint density at radius 2 is 1.86 bits per heavy atom. The first-order valence-corrected chi connectivity index (χ1v) is 8.29. The lowest BCUT2D eigenvalue weighted by Crippen LogP contribution is -2.04. The molecule has 0 aliphatic rings. The van der Waals surface area contributed by atoms with Gasteiger partial charge < -0.3 is 10.5 Å². The van der Waals surface area contributed by atoms with Gasteiger partial charge in [-0.25, -0.2) is 12.8 Å². The highest BCUT2D eigenvalue weighted by Gasteiger charge is 2.18. The Morgan fingerprint density at radius 1 is 1.19 bits per heavy atom. The molecule has 0 spiro atoms. The van der Waals surface area contributed by atoms with Crippen molar-refractivity contribution in [2.75, 3.05) is 12.0 Å². The van der Waals surface area contributed by atoms with E-state index in [0.717, 1.165) is 12.3 Å². The van der Waals surface area contributed by atoms with Crippen molar-refractivity contribution >= 4 is 31.5 Å². The van der Waals surface area contributed by atoms with Crippen molar-refractivity contribution in [2.45, 2.75) is 4.90 Å². The van der Waals surface area contributed by atoms with Crippen molar-refractivity contribution in [2.24, 2.45) is 0 Å². The topological polar surface area (TPSA) is 69.4 Å². The van der Waals surface area contributed by atoms with Crippen LogP contribution < -0.4 is 10.5 Å². The monoisotopic (exact) mass is 377 g/mol. The van der Waals surface area contributed by atoms with Gasteiger partial charge in [0.15, 0.2) is 27.2 Å². The molecule has 0 amide bonds. The quantitative estimate of drug-likeness (QED) is 0.656. The number of para-hydroxylation sites is 1. The fraction of sp³-hybridized carbons (Fsp3) is 0.0769. The zero-order valence-corrected chi connectivity index (χ0v) is 13.1. The molecule has 0 heterocycles. The predicted molar refractivity (Wildman–Crippen MR) is 78.1 cm³/mol. The normalized spacial score (nSPS) is 11.4. The van der Waals surface area contributed by atoms with Gasteiger partial charge in [-0.15, -0.1) is 0 Å². The van der Waals surface area contributed by atoms with Gasteiger partial charge in [0.05, 0.1) is 10.6 Å². The molecule has 0 atom stereocenters. The molecule has 0 radical (unpaired) electrons. The Labute approximate surface area is 128 Å². The third-order valence-corrected chi connectivity index (χ3v) is 4.22. The fourth-order valence-corrected chi connectivity index (χ4v) is 2.90. The van der Waals surface area contributed by atoms with Crippen LogP contribution in [0.4, 0.5) is 14.5 Å². The molecule has 0 bridgehead atoms. The Bertz CT molecular complexity index is 809.